The lowest BCUT2D eigenvalue weighted by Crippen LogP contribution is -2.42. The van der Waals surface area contributed by atoms with E-state index in [2.05, 4.69) is 6.92 Å². The summed E-state index contributed by atoms with van der Waals surface area (Å²) in [5, 5.41) is 37.7. The number of aliphatic hydroxyl groups is 3. The van der Waals surface area contributed by atoms with E-state index in [1.54, 1.807) is 0 Å². The molecule has 1 heterocycles. The zero-order chi connectivity index (χ0) is 18.7. The number of carboxylic acid groups (broad SMARTS) is 1. The van der Waals surface area contributed by atoms with Gasteiger partial charge < -0.3 is 29.9 Å². The molecule has 1 saturated heterocycles. The average molecular weight is 362 g/mol. The molecular weight excluding hydrogens is 328 g/mol. The summed E-state index contributed by atoms with van der Waals surface area (Å²) in [6.45, 7) is 2.58. The van der Waals surface area contributed by atoms with E-state index in [1.165, 1.54) is 44.9 Å². The molecule has 25 heavy (non-hydrogen) atoms. The number of carboxylic acids is 1. The SMILES string of the molecule is CCCCCCCCCCCCOC1O[C@H]([C@H](O)C(=O)O)[C@H](O)[C@@H]1O. The van der Waals surface area contributed by atoms with Gasteiger partial charge in [-0.15, -0.1) is 0 Å². The fourth-order valence-electron chi connectivity index (χ4n) is 3.00. The van der Waals surface area contributed by atoms with Crippen molar-refractivity contribution in [2.45, 2.75) is 102 Å². The first-order chi connectivity index (χ1) is 12.0. The molecule has 1 fully saturated rings. The smallest absolute Gasteiger partial charge is 0.335 e. The Labute approximate surface area is 150 Å². The molecule has 0 saturated carbocycles. The first-order valence-corrected chi connectivity index (χ1v) is 9.53. The summed E-state index contributed by atoms with van der Waals surface area (Å²) >= 11 is 0. The molecule has 1 aliphatic rings. The summed E-state index contributed by atoms with van der Waals surface area (Å²) in [5.41, 5.74) is 0. The molecule has 4 N–H and O–H groups in total. The van der Waals surface area contributed by atoms with Crippen LogP contribution in [0, 0.1) is 0 Å². The molecule has 0 bridgehead atoms. The fraction of sp³-hybridized carbons (Fsp3) is 0.944. The van der Waals surface area contributed by atoms with E-state index >= 15 is 0 Å². The molecule has 0 spiro atoms. The van der Waals surface area contributed by atoms with Crippen molar-refractivity contribution in [1.82, 2.24) is 0 Å². The van der Waals surface area contributed by atoms with Gasteiger partial charge in [0.25, 0.3) is 0 Å². The zero-order valence-electron chi connectivity index (χ0n) is 15.2. The van der Waals surface area contributed by atoms with Crippen molar-refractivity contribution in [2.75, 3.05) is 6.61 Å². The fourth-order valence-corrected chi connectivity index (χ4v) is 3.00. The third kappa shape index (κ3) is 8.00. The van der Waals surface area contributed by atoms with Gasteiger partial charge in [0.15, 0.2) is 12.4 Å². The van der Waals surface area contributed by atoms with E-state index in [-0.39, 0.29) is 0 Å². The van der Waals surface area contributed by atoms with Crippen LogP contribution in [0.25, 0.3) is 0 Å². The highest BCUT2D eigenvalue weighted by Gasteiger charge is 2.48. The predicted octanol–water partition coefficient (Wildman–Crippen LogP) is 1.82. The van der Waals surface area contributed by atoms with Crippen LogP contribution in [-0.4, -0.2) is 63.7 Å². The number of ether oxygens (including phenoxy) is 2. The number of rotatable bonds is 14. The summed E-state index contributed by atoms with van der Waals surface area (Å²) in [6, 6.07) is 0. The van der Waals surface area contributed by atoms with Crippen LogP contribution in [0.3, 0.4) is 0 Å². The van der Waals surface area contributed by atoms with Crippen molar-refractivity contribution in [3.05, 3.63) is 0 Å². The summed E-state index contributed by atoms with van der Waals surface area (Å²) < 4.78 is 10.5. The van der Waals surface area contributed by atoms with Crippen molar-refractivity contribution in [3.63, 3.8) is 0 Å². The first kappa shape index (κ1) is 22.3. The van der Waals surface area contributed by atoms with Gasteiger partial charge in [-0.3, -0.25) is 0 Å². The molecule has 5 atom stereocenters. The van der Waals surface area contributed by atoms with Crippen LogP contribution in [0.5, 0.6) is 0 Å². The monoisotopic (exact) mass is 362 g/mol. The van der Waals surface area contributed by atoms with Gasteiger partial charge in [-0.05, 0) is 6.42 Å². The van der Waals surface area contributed by atoms with Crippen LogP contribution >= 0.6 is 0 Å². The molecule has 1 rings (SSSR count). The van der Waals surface area contributed by atoms with Gasteiger partial charge >= 0.3 is 5.97 Å². The second kappa shape index (κ2) is 12.6. The number of hydrogen-bond acceptors (Lipinski definition) is 6. The largest absolute Gasteiger partial charge is 0.479 e. The highest BCUT2D eigenvalue weighted by atomic mass is 16.7. The van der Waals surface area contributed by atoms with Crippen LogP contribution in [-0.2, 0) is 14.3 Å². The molecule has 1 unspecified atom stereocenters. The van der Waals surface area contributed by atoms with Crippen molar-refractivity contribution in [2.24, 2.45) is 0 Å². The second-order valence-electron chi connectivity index (χ2n) is 6.79. The molecule has 0 aromatic rings. The Hall–Kier alpha value is -0.730. The molecule has 0 amide bonds. The quantitative estimate of drug-likeness (QED) is 0.348. The van der Waals surface area contributed by atoms with Gasteiger partial charge in [0, 0.05) is 6.61 Å². The van der Waals surface area contributed by atoms with Crippen LogP contribution < -0.4 is 0 Å². The topological polar surface area (TPSA) is 116 Å². The van der Waals surface area contributed by atoms with E-state index in [0.717, 1.165) is 19.3 Å². The molecule has 7 nitrogen and oxygen atoms in total. The minimum absolute atomic E-state index is 0.362. The number of aliphatic hydroxyl groups excluding tert-OH is 3. The van der Waals surface area contributed by atoms with E-state index in [9.17, 15) is 20.1 Å². The average Bonchev–Trinajstić information content (AvgIpc) is 2.87. The summed E-state index contributed by atoms with van der Waals surface area (Å²) in [6.07, 6.45) is 4.74. The van der Waals surface area contributed by atoms with Crippen molar-refractivity contribution in [1.29, 1.82) is 0 Å². The highest BCUT2D eigenvalue weighted by Crippen LogP contribution is 2.25. The Morgan fingerprint density at radius 1 is 0.960 bits per heavy atom. The molecular formula is C18H34O7. The maximum absolute atomic E-state index is 10.7. The third-order valence-corrected chi connectivity index (χ3v) is 4.60. The van der Waals surface area contributed by atoms with E-state index in [4.69, 9.17) is 14.6 Å². The normalized spacial score (nSPS) is 27.5. The van der Waals surface area contributed by atoms with Gasteiger partial charge in [0.2, 0.25) is 0 Å². The summed E-state index contributed by atoms with van der Waals surface area (Å²) in [7, 11) is 0. The standard InChI is InChI=1S/C18H34O7/c1-2-3-4-5-6-7-8-9-10-11-12-24-18-14(20)13(19)16(25-18)15(21)17(22)23/h13-16,18-21H,2-12H2,1H3,(H,22,23)/t13-,14+,15+,16+,18?/m1/s1. The van der Waals surface area contributed by atoms with E-state index in [1.807, 2.05) is 0 Å². The molecule has 1 aliphatic heterocycles. The van der Waals surface area contributed by atoms with E-state index < -0.39 is 36.7 Å². The number of unbranched alkanes of at least 4 members (excludes halogenated alkanes) is 9. The van der Waals surface area contributed by atoms with Gasteiger partial charge in [0.1, 0.15) is 18.3 Å². The Bertz CT molecular complexity index is 363. The predicted molar refractivity (Wildman–Crippen MR) is 92.1 cm³/mol. The van der Waals surface area contributed by atoms with Crippen LogP contribution in [0.4, 0.5) is 0 Å². The highest BCUT2D eigenvalue weighted by molar-refractivity contribution is 5.72. The van der Waals surface area contributed by atoms with Gasteiger partial charge in [-0.1, -0.05) is 64.7 Å². The number of carbonyl (C=O) groups is 1. The zero-order valence-corrected chi connectivity index (χ0v) is 15.2. The van der Waals surface area contributed by atoms with Crippen molar-refractivity contribution >= 4 is 5.97 Å². The number of hydrogen-bond donors (Lipinski definition) is 4. The summed E-state index contributed by atoms with van der Waals surface area (Å²) in [5.74, 6) is -1.51. The third-order valence-electron chi connectivity index (χ3n) is 4.60. The molecule has 0 radical (unpaired) electrons. The van der Waals surface area contributed by atoms with Gasteiger partial charge in [-0.25, -0.2) is 4.79 Å². The van der Waals surface area contributed by atoms with Crippen molar-refractivity contribution < 1.29 is 34.7 Å². The molecule has 0 aromatic heterocycles. The van der Waals surface area contributed by atoms with Gasteiger partial charge in [0.05, 0.1) is 0 Å². The second-order valence-corrected chi connectivity index (χ2v) is 6.79. The lowest BCUT2D eigenvalue weighted by atomic mass is 10.1. The minimum Gasteiger partial charge on any atom is -0.479 e. The maximum atomic E-state index is 10.7. The molecule has 0 aromatic carbocycles. The van der Waals surface area contributed by atoms with Crippen molar-refractivity contribution in [3.8, 4) is 0 Å². The first-order valence-electron chi connectivity index (χ1n) is 9.53. The van der Waals surface area contributed by atoms with Gasteiger partial charge in [-0.2, -0.15) is 0 Å². The Morgan fingerprint density at radius 3 is 2.00 bits per heavy atom. The molecule has 0 aliphatic carbocycles. The molecule has 7 heteroatoms. The summed E-state index contributed by atoms with van der Waals surface area (Å²) in [4.78, 5) is 10.7. The lowest BCUT2D eigenvalue weighted by molar-refractivity contribution is -0.186. The Balaban J connectivity index is 2.05. The lowest BCUT2D eigenvalue weighted by Gasteiger charge is -2.17. The van der Waals surface area contributed by atoms with Crippen LogP contribution in [0.1, 0.15) is 71.1 Å². The maximum Gasteiger partial charge on any atom is 0.335 e. The number of aliphatic carboxylic acids is 1. The molecule has 148 valence electrons. The van der Waals surface area contributed by atoms with Crippen LogP contribution in [0.2, 0.25) is 0 Å². The minimum atomic E-state index is -1.89. The van der Waals surface area contributed by atoms with E-state index in [0.29, 0.717) is 6.61 Å². The Morgan fingerprint density at radius 2 is 1.48 bits per heavy atom. The Kier molecular flexibility index (Phi) is 11.2. The van der Waals surface area contributed by atoms with Crippen LogP contribution in [0.15, 0.2) is 0 Å².